The van der Waals surface area contributed by atoms with Crippen LogP contribution < -0.4 is 16.2 Å². The molecule has 1 atom stereocenters. The minimum absolute atomic E-state index is 0.228. The summed E-state index contributed by atoms with van der Waals surface area (Å²) in [7, 11) is 0. The molecule has 0 unspecified atom stereocenters. The average Bonchev–Trinajstić information content (AvgIpc) is 3.66. The highest BCUT2D eigenvalue weighted by molar-refractivity contribution is 6.16. The smallest absolute Gasteiger partial charge is 0.181 e. The summed E-state index contributed by atoms with van der Waals surface area (Å²) in [5, 5.41) is 0. The number of ether oxygens (including phenoxy) is 1. The first-order chi connectivity index (χ1) is 18.9. The Morgan fingerprint density at radius 2 is 2.00 bits per heavy atom. The van der Waals surface area contributed by atoms with Gasteiger partial charge in [0.15, 0.2) is 18.0 Å². The molecule has 4 aromatic rings. The summed E-state index contributed by atoms with van der Waals surface area (Å²) in [6.07, 6.45) is 6.96. The number of hydrogen-bond donors (Lipinski definition) is 2. The van der Waals surface area contributed by atoms with E-state index in [1.54, 1.807) is 18.5 Å². The number of anilines is 1. The number of nitrogen functional groups attached to an aromatic ring is 1. The van der Waals surface area contributed by atoms with Gasteiger partial charge in [-0.25, -0.2) is 14.4 Å². The molecule has 0 spiro atoms. The number of rotatable bonds is 3. The van der Waals surface area contributed by atoms with Gasteiger partial charge in [0, 0.05) is 47.6 Å². The van der Waals surface area contributed by atoms with E-state index in [4.69, 9.17) is 30.6 Å². The number of halogens is 1. The Hall–Kier alpha value is -4.53. The Balaban J connectivity index is 1.65. The van der Waals surface area contributed by atoms with Gasteiger partial charge in [0.2, 0.25) is 0 Å². The number of benzene rings is 1. The zero-order valence-corrected chi connectivity index (χ0v) is 21.8. The second kappa shape index (κ2) is 9.98. The van der Waals surface area contributed by atoms with Crippen LogP contribution in [0.2, 0.25) is 0 Å². The maximum absolute atomic E-state index is 14.5. The lowest BCUT2D eigenvalue weighted by Crippen LogP contribution is -2.18. The lowest BCUT2D eigenvalue weighted by atomic mass is 9.89. The van der Waals surface area contributed by atoms with E-state index in [1.807, 2.05) is 32.0 Å². The second-order valence-corrected chi connectivity index (χ2v) is 10.1. The Kier molecular flexibility index (Phi) is 6.34. The SMILES string of the molecule is Cc1ocnc1/C(N)=C1\Cc2cccnc2-c2ccc(F)cc2[C@@H](C)Oc2cc(cnc2N)C1=NCC1CC1. The molecule has 198 valence electrons. The van der Waals surface area contributed by atoms with Crippen LogP contribution in [0.1, 0.15) is 54.0 Å². The van der Waals surface area contributed by atoms with Gasteiger partial charge in [-0.1, -0.05) is 6.07 Å². The van der Waals surface area contributed by atoms with E-state index in [-0.39, 0.29) is 11.6 Å². The highest BCUT2D eigenvalue weighted by atomic mass is 19.1. The molecule has 9 heteroatoms. The van der Waals surface area contributed by atoms with Crippen molar-refractivity contribution in [1.29, 1.82) is 0 Å². The molecule has 4 heterocycles. The van der Waals surface area contributed by atoms with Crippen LogP contribution in [0, 0.1) is 18.7 Å². The molecule has 4 N–H and O–H groups in total. The molecule has 8 nitrogen and oxygen atoms in total. The van der Waals surface area contributed by atoms with Crippen LogP contribution in [0.15, 0.2) is 70.2 Å². The molecule has 1 aliphatic carbocycles. The molecule has 1 aromatic carbocycles. The standard InChI is InChI=1S/C30H29FN6O2/c1-16-23-12-21(31)7-8-22(23)28-19(4-3-9-34-28)10-24(26(32)27-17(2)38-15-37-27)29(35-13-18-5-6-18)20-11-25(39-16)30(33)36-14-20/h3-4,7-9,11-12,14-16,18H,5-6,10,13,32H2,1-2H3,(H2,33,36)/b26-24-,35-29?/t16-/m1/s1. The number of allylic oxidation sites excluding steroid dienone is 1. The van der Waals surface area contributed by atoms with Gasteiger partial charge in [-0.2, -0.15) is 0 Å². The summed E-state index contributed by atoms with van der Waals surface area (Å²) in [6, 6.07) is 10.4. The van der Waals surface area contributed by atoms with Crippen molar-refractivity contribution >= 4 is 17.2 Å². The van der Waals surface area contributed by atoms with Gasteiger partial charge in [0.05, 0.1) is 17.1 Å². The summed E-state index contributed by atoms with van der Waals surface area (Å²) < 4.78 is 26.3. The highest BCUT2D eigenvalue weighted by Gasteiger charge is 2.27. The number of oxazole rings is 1. The van der Waals surface area contributed by atoms with Crippen LogP contribution in [0.3, 0.4) is 0 Å². The van der Waals surface area contributed by atoms with Gasteiger partial charge in [-0.3, -0.25) is 9.98 Å². The van der Waals surface area contributed by atoms with Crippen molar-refractivity contribution in [3.05, 3.63) is 94.7 Å². The average molecular weight is 525 g/mol. The summed E-state index contributed by atoms with van der Waals surface area (Å²) >= 11 is 0. The number of aliphatic imine (C=N–C) groups is 1. The third-order valence-corrected chi connectivity index (χ3v) is 7.24. The first-order valence-corrected chi connectivity index (χ1v) is 13.0. The molecule has 39 heavy (non-hydrogen) atoms. The van der Waals surface area contributed by atoms with Crippen LogP contribution in [-0.4, -0.2) is 27.2 Å². The van der Waals surface area contributed by atoms with Crippen LogP contribution in [0.4, 0.5) is 10.2 Å². The fourth-order valence-electron chi connectivity index (χ4n) is 4.93. The number of nitrogens with two attached hydrogens (primary N) is 2. The number of fused-ring (bicyclic) bond motifs is 5. The summed E-state index contributed by atoms with van der Waals surface area (Å²) in [6.45, 7) is 4.35. The Morgan fingerprint density at radius 3 is 2.77 bits per heavy atom. The molecule has 1 fully saturated rings. The lowest BCUT2D eigenvalue weighted by Gasteiger charge is -2.23. The zero-order valence-electron chi connectivity index (χ0n) is 21.8. The molecule has 0 saturated heterocycles. The Labute approximate surface area is 225 Å². The third kappa shape index (κ3) is 4.87. The van der Waals surface area contributed by atoms with Crippen molar-refractivity contribution in [2.75, 3.05) is 12.3 Å². The number of hydrogen-bond acceptors (Lipinski definition) is 8. The van der Waals surface area contributed by atoms with Crippen LogP contribution in [-0.2, 0) is 6.42 Å². The molecular formula is C30H29FN6O2. The normalized spacial score (nSPS) is 19.4. The van der Waals surface area contributed by atoms with Gasteiger partial charge >= 0.3 is 0 Å². The van der Waals surface area contributed by atoms with Crippen molar-refractivity contribution in [1.82, 2.24) is 15.0 Å². The second-order valence-electron chi connectivity index (χ2n) is 10.1. The minimum atomic E-state index is -0.533. The number of pyridine rings is 2. The first-order valence-electron chi connectivity index (χ1n) is 13.0. The summed E-state index contributed by atoms with van der Waals surface area (Å²) in [5.41, 5.74) is 19.3. The topological polar surface area (TPSA) is 125 Å². The van der Waals surface area contributed by atoms with Crippen molar-refractivity contribution in [2.45, 2.75) is 39.2 Å². The quantitative estimate of drug-likeness (QED) is 0.366. The fraction of sp³-hybridized carbons (Fsp3) is 0.267. The molecule has 6 rings (SSSR count). The molecule has 1 aliphatic heterocycles. The molecule has 1 saturated carbocycles. The lowest BCUT2D eigenvalue weighted by molar-refractivity contribution is 0.227. The summed E-state index contributed by atoms with van der Waals surface area (Å²) in [4.78, 5) is 18.6. The van der Waals surface area contributed by atoms with Crippen molar-refractivity contribution < 1.29 is 13.5 Å². The molecule has 3 aromatic heterocycles. The molecule has 0 radical (unpaired) electrons. The van der Waals surface area contributed by atoms with Gasteiger partial charge in [0.1, 0.15) is 23.4 Å². The largest absolute Gasteiger partial charge is 0.482 e. The van der Waals surface area contributed by atoms with Gasteiger partial charge < -0.3 is 20.6 Å². The molecule has 2 bridgehead atoms. The van der Waals surface area contributed by atoms with E-state index in [1.165, 1.54) is 18.5 Å². The Bertz CT molecular complexity index is 1620. The van der Waals surface area contributed by atoms with Gasteiger partial charge in [-0.05, 0) is 68.5 Å². The van der Waals surface area contributed by atoms with Gasteiger partial charge in [0.25, 0.3) is 0 Å². The van der Waals surface area contributed by atoms with E-state index in [2.05, 4.69) is 9.97 Å². The Morgan fingerprint density at radius 1 is 1.15 bits per heavy atom. The number of aromatic nitrogens is 3. The predicted molar refractivity (Wildman–Crippen MR) is 148 cm³/mol. The van der Waals surface area contributed by atoms with E-state index in [9.17, 15) is 4.39 Å². The van der Waals surface area contributed by atoms with E-state index in [0.29, 0.717) is 58.8 Å². The monoisotopic (exact) mass is 524 g/mol. The van der Waals surface area contributed by atoms with Crippen LogP contribution in [0.25, 0.3) is 17.0 Å². The van der Waals surface area contributed by atoms with E-state index < -0.39 is 6.10 Å². The summed E-state index contributed by atoms with van der Waals surface area (Å²) in [5.74, 6) is 1.39. The molecule has 0 amide bonds. The highest BCUT2D eigenvalue weighted by Crippen LogP contribution is 2.37. The number of aryl methyl sites for hydroxylation is 1. The predicted octanol–water partition coefficient (Wildman–Crippen LogP) is 5.43. The third-order valence-electron chi connectivity index (χ3n) is 7.24. The maximum atomic E-state index is 14.5. The van der Waals surface area contributed by atoms with Crippen molar-refractivity contribution in [2.24, 2.45) is 16.6 Å². The first kappa shape index (κ1) is 24.8. The maximum Gasteiger partial charge on any atom is 0.181 e. The minimum Gasteiger partial charge on any atom is -0.482 e. The zero-order chi connectivity index (χ0) is 27.1. The van der Waals surface area contributed by atoms with E-state index in [0.717, 1.165) is 35.1 Å². The van der Waals surface area contributed by atoms with Crippen molar-refractivity contribution in [3.8, 4) is 17.0 Å². The van der Waals surface area contributed by atoms with Crippen molar-refractivity contribution in [3.63, 3.8) is 0 Å². The van der Waals surface area contributed by atoms with Crippen LogP contribution in [0.5, 0.6) is 5.75 Å². The van der Waals surface area contributed by atoms with Crippen LogP contribution >= 0.6 is 0 Å². The fourth-order valence-corrected chi connectivity index (χ4v) is 4.93. The molecular weight excluding hydrogens is 495 g/mol. The van der Waals surface area contributed by atoms with E-state index >= 15 is 0 Å². The van der Waals surface area contributed by atoms with Gasteiger partial charge in [-0.15, -0.1) is 0 Å². The molecule has 2 aliphatic rings. The number of nitrogens with zero attached hydrogens (tertiary/aromatic N) is 4.